The number of anilines is 2. The molecule has 2 amide bonds. The topological polar surface area (TPSA) is 75.2 Å². The first-order valence-corrected chi connectivity index (χ1v) is 11.5. The van der Waals surface area contributed by atoms with E-state index in [9.17, 15) is 9.59 Å². The van der Waals surface area contributed by atoms with Crippen LogP contribution >= 0.6 is 46.0 Å². The van der Waals surface area contributed by atoms with Crippen molar-refractivity contribution in [3.63, 3.8) is 0 Å². The molecular formula is C18H15ClN4O2S3. The molecule has 1 aliphatic rings. The number of amides is 2. The molecule has 6 nitrogen and oxygen atoms in total. The summed E-state index contributed by atoms with van der Waals surface area (Å²) in [5.74, 6) is 0.0333. The van der Waals surface area contributed by atoms with Gasteiger partial charge >= 0.3 is 0 Å². The van der Waals surface area contributed by atoms with Gasteiger partial charge in [0.15, 0.2) is 4.34 Å². The van der Waals surface area contributed by atoms with Crippen molar-refractivity contribution in [3.8, 4) is 0 Å². The Morgan fingerprint density at radius 3 is 2.93 bits per heavy atom. The lowest BCUT2D eigenvalue weighted by molar-refractivity contribution is -0.122. The molecule has 0 saturated carbocycles. The second-order valence-electron chi connectivity index (χ2n) is 6.09. The Hall–Kier alpha value is -1.94. The van der Waals surface area contributed by atoms with Gasteiger partial charge in [-0.3, -0.25) is 9.59 Å². The van der Waals surface area contributed by atoms with E-state index in [0.29, 0.717) is 22.4 Å². The average Bonchev–Trinajstić information content (AvgIpc) is 3.42. The standard InChI is InChI=1S/C18H15ClN4O2S3/c19-13-5-1-2-6-14(13)23-9-11(8-15(23)24)16(25)20-17-21-22-18(28-17)27-10-12-4-3-7-26-12/h1-7,11H,8-10H2,(H,20,21,25). The molecule has 1 aromatic carbocycles. The van der Waals surface area contributed by atoms with Crippen LogP contribution in [-0.4, -0.2) is 28.6 Å². The van der Waals surface area contributed by atoms with Gasteiger partial charge in [-0.15, -0.1) is 21.5 Å². The van der Waals surface area contributed by atoms with Crippen LogP contribution in [0.5, 0.6) is 0 Å². The van der Waals surface area contributed by atoms with Gasteiger partial charge in [0.25, 0.3) is 0 Å². The third-order valence-electron chi connectivity index (χ3n) is 4.19. The number of benzene rings is 1. The first-order chi connectivity index (χ1) is 13.6. The maximum absolute atomic E-state index is 12.6. The lowest BCUT2D eigenvalue weighted by Gasteiger charge is -2.17. The molecule has 10 heteroatoms. The van der Waals surface area contributed by atoms with Crippen molar-refractivity contribution in [2.24, 2.45) is 5.92 Å². The highest BCUT2D eigenvalue weighted by Gasteiger charge is 2.36. The summed E-state index contributed by atoms with van der Waals surface area (Å²) in [6.45, 7) is 0.299. The summed E-state index contributed by atoms with van der Waals surface area (Å²) in [6.07, 6.45) is 0.149. The summed E-state index contributed by atoms with van der Waals surface area (Å²) >= 11 is 10.8. The fourth-order valence-electron chi connectivity index (χ4n) is 2.84. The minimum atomic E-state index is -0.449. The number of nitrogens with zero attached hydrogens (tertiary/aromatic N) is 3. The molecule has 4 rings (SSSR count). The summed E-state index contributed by atoms with van der Waals surface area (Å²) in [6, 6.07) is 11.2. The predicted octanol–water partition coefficient (Wildman–Crippen LogP) is 4.54. The van der Waals surface area contributed by atoms with Gasteiger partial charge in [-0.05, 0) is 23.6 Å². The number of nitrogens with one attached hydrogen (secondary N) is 1. The number of thiophene rings is 1. The number of carbonyl (C=O) groups excluding carboxylic acids is 2. The first-order valence-electron chi connectivity index (χ1n) is 8.44. The molecule has 144 valence electrons. The third kappa shape index (κ3) is 4.38. The van der Waals surface area contributed by atoms with Crippen molar-refractivity contribution in [2.75, 3.05) is 16.8 Å². The number of para-hydroxylation sites is 1. The zero-order chi connectivity index (χ0) is 19.5. The van der Waals surface area contributed by atoms with Crippen LogP contribution < -0.4 is 10.2 Å². The predicted molar refractivity (Wildman–Crippen MR) is 114 cm³/mol. The van der Waals surface area contributed by atoms with E-state index in [4.69, 9.17) is 11.6 Å². The summed E-state index contributed by atoms with van der Waals surface area (Å²) in [5.41, 5.74) is 0.632. The number of hydrogen-bond acceptors (Lipinski definition) is 7. The largest absolute Gasteiger partial charge is 0.310 e. The number of halogens is 1. The molecule has 0 radical (unpaired) electrons. The Labute approximate surface area is 178 Å². The molecule has 1 atom stereocenters. The Morgan fingerprint density at radius 2 is 2.14 bits per heavy atom. The van der Waals surface area contributed by atoms with Gasteiger partial charge in [0.2, 0.25) is 16.9 Å². The van der Waals surface area contributed by atoms with Crippen LogP contribution in [0.2, 0.25) is 5.02 Å². The van der Waals surface area contributed by atoms with Gasteiger partial charge in [-0.1, -0.05) is 52.9 Å². The highest BCUT2D eigenvalue weighted by atomic mass is 35.5. The number of carbonyl (C=O) groups is 2. The van der Waals surface area contributed by atoms with E-state index in [1.807, 2.05) is 17.5 Å². The highest BCUT2D eigenvalue weighted by molar-refractivity contribution is 8.00. The number of rotatable bonds is 6. The maximum atomic E-state index is 12.6. The van der Waals surface area contributed by atoms with Gasteiger partial charge in [0.05, 0.1) is 16.6 Å². The number of thioether (sulfide) groups is 1. The zero-order valence-corrected chi connectivity index (χ0v) is 17.7. The molecule has 1 unspecified atom stereocenters. The van der Waals surface area contributed by atoms with Crippen molar-refractivity contribution >= 4 is 68.7 Å². The fraction of sp³-hybridized carbons (Fsp3) is 0.222. The molecule has 0 spiro atoms. The van der Waals surface area contributed by atoms with Crippen molar-refractivity contribution in [1.82, 2.24) is 10.2 Å². The molecule has 0 aliphatic carbocycles. The Morgan fingerprint density at radius 1 is 1.29 bits per heavy atom. The number of aromatic nitrogens is 2. The van der Waals surface area contributed by atoms with Crippen LogP contribution in [-0.2, 0) is 15.3 Å². The minimum Gasteiger partial charge on any atom is -0.310 e. The van der Waals surface area contributed by atoms with E-state index >= 15 is 0 Å². The SMILES string of the molecule is O=C(Nc1nnc(SCc2cccs2)s1)C1CC(=O)N(c2ccccc2Cl)C1. The van der Waals surface area contributed by atoms with Crippen molar-refractivity contribution in [2.45, 2.75) is 16.5 Å². The molecule has 1 saturated heterocycles. The van der Waals surface area contributed by atoms with Gasteiger partial charge in [0.1, 0.15) is 0 Å². The summed E-state index contributed by atoms with van der Waals surface area (Å²) in [4.78, 5) is 27.8. The average molecular weight is 451 g/mol. The number of hydrogen-bond donors (Lipinski definition) is 1. The van der Waals surface area contributed by atoms with Crippen LogP contribution in [0, 0.1) is 5.92 Å². The minimum absolute atomic E-state index is 0.113. The van der Waals surface area contributed by atoms with Crippen LogP contribution in [0.4, 0.5) is 10.8 Å². The third-order valence-corrected chi connectivity index (χ3v) is 7.59. The molecule has 1 fully saturated rings. The molecule has 2 aromatic heterocycles. The smallest absolute Gasteiger partial charge is 0.231 e. The second-order valence-corrected chi connectivity index (χ2v) is 9.73. The van der Waals surface area contributed by atoms with Crippen LogP contribution in [0.1, 0.15) is 11.3 Å². The Balaban J connectivity index is 1.35. The zero-order valence-electron chi connectivity index (χ0n) is 14.5. The van der Waals surface area contributed by atoms with Gasteiger partial charge < -0.3 is 10.2 Å². The van der Waals surface area contributed by atoms with E-state index in [-0.39, 0.29) is 18.2 Å². The van der Waals surface area contributed by atoms with Gasteiger partial charge in [-0.2, -0.15) is 0 Å². The highest BCUT2D eigenvalue weighted by Crippen LogP contribution is 2.33. The van der Waals surface area contributed by atoms with E-state index in [1.54, 1.807) is 46.2 Å². The molecule has 3 heterocycles. The second kappa shape index (κ2) is 8.60. The monoisotopic (exact) mass is 450 g/mol. The van der Waals surface area contributed by atoms with E-state index in [1.165, 1.54) is 16.2 Å². The van der Waals surface area contributed by atoms with E-state index in [0.717, 1.165) is 10.1 Å². The summed E-state index contributed by atoms with van der Waals surface area (Å²) in [5, 5.41) is 13.9. The fourth-order valence-corrected chi connectivity index (χ4v) is 5.61. The van der Waals surface area contributed by atoms with Crippen molar-refractivity contribution in [3.05, 3.63) is 51.7 Å². The molecule has 3 aromatic rings. The molecule has 1 N–H and O–H groups in total. The van der Waals surface area contributed by atoms with Crippen LogP contribution in [0.15, 0.2) is 46.1 Å². The van der Waals surface area contributed by atoms with Crippen molar-refractivity contribution in [1.29, 1.82) is 0 Å². The lowest BCUT2D eigenvalue weighted by Crippen LogP contribution is -2.28. The lowest BCUT2D eigenvalue weighted by atomic mass is 10.1. The quantitative estimate of drug-likeness (QED) is 0.441. The van der Waals surface area contributed by atoms with Crippen molar-refractivity contribution < 1.29 is 9.59 Å². The molecule has 0 bridgehead atoms. The van der Waals surface area contributed by atoms with Gasteiger partial charge in [-0.25, -0.2) is 0 Å². The summed E-state index contributed by atoms with van der Waals surface area (Å²) in [7, 11) is 0. The Bertz CT molecular complexity index is 992. The van der Waals surface area contributed by atoms with Crippen LogP contribution in [0.25, 0.3) is 0 Å². The normalized spacial score (nSPS) is 16.5. The van der Waals surface area contributed by atoms with E-state index < -0.39 is 5.92 Å². The Kier molecular flexibility index (Phi) is 5.96. The summed E-state index contributed by atoms with van der Waals surface area (Å²) < 4.78 is 0.795. The maximum Gasteiger partial charge on any atom is 0.231 e. The first kappa shape index (κ1) is 19.4. The molecule has 28 heavy (non-hydrogen) atoms. The molecule has 1 aliphatic heterocycles. The van der Waals surface area contributed by atoms with Crippen LogP contribution in [0.3, 0.4) is 0 Å². The van der Waals surface area contributed by atoms with E-state index in [2.05, 4.69) is 21.6 Å². The van der Waals surface area contributed by atoms with Gasteiger partial charge in [0, 0.05) is 23.6 Å². The molecular weight excluding hydrogens is 436 g/mol.